The van der Waals surface area contributed by atoms with Crippen molar-refractivity contribution in [2.24, 2.45) is 5.41 Å². The Bertz CT molecular complexity index is 170. The molecule has 84 valence electrons. The number of carbonyl (C=O) groups excluding carboxylic acids is 1. The second-order valence-electron chi connectivity index (χ2n) is 5.12. The van der Waals surface area contributed by atoms with Crippen LogP contribution >= 0.6 is 0 Å². The number of unbranched alkanes of at least 4 members (excludes halogenated alkanes) is 2. The van der Waals surface area contributed by atoms with Crippen LogP contribution in [0.5, 0.6) is 0 Å². The van der Waals surface area contributed by atoms with Crippen molar-refractivity contribution in [3.05, 3.63) is 0 Å². The second kappa shape index (κ2) is 6.18. The van der Waals surface area contributed by atoms with E-state index in [9.17, 15) is 4.79 Å². The summed E-state index contributed by atoms with van der Waals surface area (Å²) in [7, 11) is 2.03. The van der Waals surface area contributed by atoms with Gasteiger partial charge in [0.2, 0.25) is 0 Å². The molecule has 0 aromatic carbocycles. The third-order valence-electron chi connectivity index (χ3n) is 2.39. The fourth-order valence-corrected chi connectivity index (χ4v) is 1.19. The van der Waals surface area contributed by atoms with Gasteiger partial charge < -0.3 is 0 Å². The molecule has 0 N–H and O–H groups in total. The standard InChI is InChI=1S/C12H25NO/c1-6-7-8-9-13(5)10-11(14)12(2,3)4/h6-10H2,1-5H3. The monoisotopic (exact) mass is 199 g/mol. The van der Waals surface area contributed by atoms with Crippen LogP contribution in [-0.2, 0) is 4.79 Å². The molecule has 0 atom stereocenters. The fraction of sp³-hybridized carbons (Fsp3) is 0.917. The van der Waals surface area contributed by atoms with Gasteiger partial charge >= 0.3 is 0 Å². The summed E-state index contributed by atoms with van der Waals surface area (Å²) in [4.78, 5) is 13.8. The first-order valence-electron chi connectivity index (χ1n) is 5.59. The van der Waals surface area contributed by atoms with Crippen LogP contribution in [-0.4, -0.2) is 30.8 Å². The summed E-state index contributed by atoms with van der Waals surface area (Å²) in [5, 5.41) is 0. The van der Waals surface area contributed by atoms with Crippen LogP contribution in [0.25, 0.3) is 0 Å². The molecule has 0 unspecified atom stereocenters. The van der Waals surface area contributed by atoms with Gasteiger partial charge in [0.05, 0.1) is 6.54 Å². The molecule has 0 aliphatic carbocycles. The Morgan fingerprint density at radius 2 is 1.79 bits per heavy atom. The van der Waals surface area contributed by atoms with Crippen molar-refractivity contribution in [2.75, 3.05) is 20.1 Å². The Kier molecular flexibility index (Phi) is 6.01. The van der Waals surface area contributed by atoms with Crippen LogP contribution in [0.15, 0.2) is 0 Å². The van der Waals surface area contributed by atoms with Gasteiger partial charge in [-0.2, -0.15) is 0 Å². The van der Waals surface area contributed by atoms with E-state index >= 15 is 0 Å². The predicted molar refractivity (Wildman–Crippen MR) is 61.5 cm³/mol. The normalized spacial score (nSPS) is 12.1. The molecule has 2 heteroatoms. The Morgan fingerprint density at radius 3 is 2.21 bits per heavy atom. The molecule has 0 saturated heterocycles. The minimum absolute atomic E-state index is 0.195. The van der Waals surface area contributed by atoms with Gasteiger partial charge in [0.1, 0.15) is 0 Å². The lowest BCUT2D eigenvalue weighted by atomic mass is 9.90. The van der Waals surface area contributed by atoms with Gasteiger partial charge in [0, 0.05) is 5.41 Å². The third-order valence-corrected chi connectivity index (χ3v) is 2.39. The highest BCUT2D eigenvalue weighted by molar-refractivity contribution is 5.85. The van der Waals surface area contributed by atoms with Crippen molar-refractivity contribution in [1.82, 2.24) is 4.90 Å². The molecule has 0 fully saturated rings. The highest BCUT2D eigenvalue weighted by Gasteiger charge is 2.21. The van der Waals surface area contributed by atoms with E-state index in [4.69, 9.17) is 0 Å². The van der Waals surface area contributed by atoms with Gasteiger partial charge in [-0.1, -0.05) is 40.5 Å². The molecule has 0 saturated carbocycles. The van der Waals surface area contributed by atoms with Crippen LogP contribution < -0.4 is 0 Å². The van der Waals surface area contributed by atoms with E-state index in [0.29, 0.717) is 12.3 Å². The lowest BCUT2D eigenvalue weighted by molar-refractivity contribution is -0.127. The lowest BCUT2D eigenvalue weighted by Crippen LogP contribution is -2.33. The van der Waals surface area contributed by atoms with E-state index in [-0.39, 0.29) is 5.41 Å². The molecule has 0 radical (unpaired) electrons. The van der Waals surface area contributed by atoms with Crippen molar-refractivity contribution in [3.63, 3.8) is 0 Å². The minimum Gasteiger partial charge on any atom is -0.299 e. The Morgan fingerprint density at radius 1 is 1.21 bits per heavy atom. The van der Waals surface area contributed by atoms with Gasteiger partial charge in [0.25, 0.3) is 0 Å². The number of nitrogens with zero attached hydrogens (tertiary/aromatic N) is 1. The molecule has 0 rings (SSSR count). The number of carbonyl (C=O) groups is 1. The van der Waals surface area contributed by atoms with E-state index in [2.05, 4.69) is 11.8 Å². The molecule has 0 heterocycles. The summed E-state index contributed by atoms with van der Waals surface area (Å²) in [6.45, 7) is 9.77. The summed E-state index contributed by atoms with van der Waals surface area (Å²) in [5.41, 5.74) is -0.195. The van der Waals surface area contributed by atoms with E-state index in [1.54, 1.807) is 0 Å². The third kappa shape index (κ3) is 6.14. The average molecular weight is 199 g/mol. The summed E-state index contributed by atoms with van der Waals surface area (Å²) >= 11 is 0. The minimum atomic E-state index is -0.195. The molecular formula is C12H25NO. The van der Waals surface area contributed by atoms with Gasteiger partial charge in [-0.25, -0.2) is 0 Å². The smallest absolute Gasteiger partial charge is 0.152 e. The first-order valence-corrected chi connectivity index (χ1v) is 5.59. The van der Waals surface area contributed by atoms with Crippen LogP contribution in [0.2, 0.25) is 0 Å². The van der Waals surface area contributed by atoms with Crippen LogP contribution in [0.1, 0.15) is 47.0 Å². The highest BCUT2D eigenvalue weighted by atomic mass is 16.1. The largest absolute Gasteiger partial charge is 0.299 e. The molecule has 0 aromatic rings. The lowest BCUT2D eigenvalue weighted by Gasteiger charge is -2.22. The molecule has 14 heavy (non-hydrogen) atoms. The molecule has 0 spiro atoms. The number of hydrogen-bond donors (Lipinski definition) is 0. The number of hydrogen-bond acceptors (Lipinski definition) is 2. The van der Waals surface area contributed by atoms with E-state index in [1.807, 2.05) is 27.8 Å². The van der Waals surface area contributed by atoms with Gasteiger partial charge in [-0.05, 0) is 20.0 Å². The molecule has 0 aliphatic heterocycles. The summed E-state index contributed by atoms with van der Waals surface area (Å²) in [6.07, 6.45) is 3.69. The van der Waals surface area contributed by atoms with E-state index < -0.39 is 0 Å². The first kappa shape index (κ1) is 13.6. The average Bonchev–Trinajstić information content (AvgIpc) is 2.03. The van der Waals surface area contributed by atoms with Crippen LogP contribution in [0, 0.1) is 5.41 Å². The van der Waals surface area contributed by atoms with Gasteiger partial charge in [-0.3, -0.25) is 9.69 Å². The molecule has 0 aliphatic rings. The SMILES string of the molecule is CCCCCN(C)CC(=O)C(C)(C)C. The molecule has 0 bridgehead atoms. The topological polar surface area (TPSA) is 20.3 Å². The predicted octanol–water partition coefficient (Wildman–Crippen LogP) is 2.72. The molecule has 2 nitrogen and oxygen atoms in total. The van der Waals surface area contributed by atoms with Crippen molar-refractivity contribution in [1.29, 1.82) is 0 Å². The van der Waals surface area contributed by atoms with E-state index in [1.165, 1.54) is 19.3 Å². The maximum atomic E-state index is 11.7. The molecule has 0 amide bonds. The van der Waals surface area contributed by atoms with Crippen molar-refractivity contribution in [3.8, 4) is 0 Å². The maximum absolute atomic E-state index is 11.7. The quantitative estimate of drug-likeness (QED) is 0.613. The Hall–Kier alpha value is -0.370. The van der Waals surface area contributed by atoms with Crippen LogP contribution in [0.3, 0.4) is 0 Å². The van der Waals surface area contributed by atoms with Crippen molar-refractivity contribution < 1.29 is 4.79 Å². The zero-order valence-electron chi connectivity index (χ0n) is 10.4. The van der Waals surface area contributed by atoms with Gasteiger partial charge in [0.15, 0.2) is 5.78 Å². The number of likely N-dealkylation sites (N-methyl/N-ethyl adjacent to an activating group) is 1. The Labute approximate surface area is 88.7 Å². The number of Topliss-reactive ketones (excluding diaryl/α,β-unsaturated/α-hetero) is 1. The fourth-order valence-electron chi connectivity index (χ4n) is 1.19. The summed E-state index contributed by atoms with van der Waals surface area (Å²) in [6, 6.07) is 0. The zero-order chi connectivity index (χ0) is 11.2. The first-order chi connectivity index (χ1) is 6.38. The Balaban J connectivity index is 3.72. The second-order valence-corrected chi connectivity index (χ2v) is 5.12. The van der Waals surface area contributed by atoms with Crippen molar-refractivity contribution >= 4 is 5.78 Å². The highest BCUT2D eigenvalue weighted by Crippen LogP contribution is 2.14. The maximum Gasteiger partial charge on any atom is 0.152 e. The summed E-state index contributed by atoms with van der Waals surface area (Å²) < 4.78 is 0. The molecule has 0 aromatic heterocycles. The van der Waals surface area contributed by atoms with Crippen LogP contribution in [0.4, 0.5) is 0 Å². The molecular weight excluding hydrogens is 174 g/mol. The summed E-state index contributed by atoms with van der Waals surface area (Å²) in [5.74, 6) is 0.330. The zero-order valence-corrected chi connectivity index (χ0v) is 10.4. The number of ketones is 1. The van der Waals surface area contributed by atoms with Gasteiger partial charge in [-0.15, -0.1) is 0 Å². The van der Waals surface area contributed by atoms with Crippen molar-refractivity contribution in [2.45, 2.75) is 47.0 Å². The van der Waals surface area contributed by atoms with E-state index in [0.717, 1.165) is 6.54 Å². The number of rotatable bonds is 6.